The quantitative estimate of drug-likeness (QED) is 0.194. The third-order valence-electron chi connectivity index (χ3n) is 5.31. The third-order valence-corrected chi connectivity index (χ3v) is 5.31. The number of aryl methyl sites for hydroxylation is 2. The van der Waals surface area contributed by atoms with Gasteiger partial charge < -0.3 is 14.2 Å². The molecule has 0 unspecified atom stereocenters. The van der Waals surface area contributed by atoms with Gasteiger partial charge in [-0.1, -0.05) is 43.5 Å². The van der Waals surface area contributed by atoms with Crippen LogP contribution in [0.25, 0.3) is 11.1 Å². The lowest BCUT2D eigenvalue weighted by atomic mass is 10.1. The highest BCUT2D eigenvalue weighted by molar-refractivity contribution is 5.89. The molecule has 0 aliphatic heterocycles. The minimum atomic E-state index is -0.678. The van der Waals surface area contributed by atoms with Crippen molar-refractivity contribution in [1.82, 2.24) is 0 Å². The highest BCUT2D eigenvalue weighted by Gasteiger charge is 2.13. The first kappa shape index (κ1) is 27.1. The zero-order valence-corrected chi connectivity index (χ0v) is 20.9. The molecule has 0 heterocycles. The van der Waals surface area contributed by atoms with Crippen LogP contribution in [0.2, 0.25) is 0 Å². The maximum atomic E-state index is 14.7. The number of carbonyl (C=O) groups is 3. The Kier molecular flexibility index (Phi) is 8.74. The van der Waals surface area contributed by atoms with Crippen molar-refractivity contribution >= 4 is 17.9 Å². The van der Waals surface area contributed by atoms with Gasteiger partial charge in [0.25, 0.3) is 0 Å². The Morgan fingerprint density at radius 2 is 1.35 bits per heavy atom. The molecular formula is C30H27FO6. The Balaban J connectivity index is 1.58. The van der Waals surface area contributed by atoms with Crippen LogP contribution in [-0.2, 0) is 20.8 Å². The number of hydrogen-bond donors (Lipinski definition) is 0. The minimum Gasteiger partial charge on any atom is -0.423 e. The van der Waals surface area contributed by atoms with Crippen molar-refractivity contribution < 1.29 is 33.0 Å². The van der Waals surface area contributed by atoms with E-state index in [0.717, 1.165) is 11.1 Å². The molecule has 3 aromatic carbocycles. The van der Waals surface area contributed by atoms with Gasteiger partial charge in [-0.3, -0.25) is 4.79 Å². The summed E-state index contributed by atoms with van der Waals surface area (Å²) < 4.78 is 30.3. The first-order chi connectivity index (χ1) is 17.5. The van der Waals surface area contributed by atoms with Gasteiger partial charge in [-0.25, -0.2) is 14.0 Å². The van der Waals surface area contributed by atoms with Gasteiger partial charge >= 0.3 is 17.9 Å². The number of benzene rings is 3. The average molecular weight is 503 g/mol. The summed E-state index contributed by atoms with van der Waals surface area (Å²) in [4.78, 5) is 35.6. The lowest BCUT2D eigenvalue weighted by Gasteiger charge is -2.10. The van der Waals surface area contributed by atoms with E-state index in [1.807, 2.05) is 6.07 Å². The first-order valence-corrected chi connectivity index (χ1v) is 11.5. The third kappa shape index (κ3) is 7.48. The normalized spacial score (nSPS) is 10.4. The number of carbonyl (C=O) groups excluding carboxylic acids is 3. The molecule has 0 fully saturated rings. The SMILES string of the molecule is C=C(C)C(=O)Oc1ccc(-c2ccc(OC(=O)CCc3ccc(OC(=O)C(=C)C)c(C)c3)c(F)c2)cc1. The van der Waals surface area contributed by atoms with Gasteiger partial charge in [-0.15, -0.1) is 0 Å². The van der Waals surface area contributed by atoms with Crippen LogP contribution in [0.3, 0.4) is 0 Å². The lowest BCUT2D eigenvalue weighted by Crippen LogP contribution is -2.11. The second-order valence-electron chi connectivity index (χ2n) is 8.58. The van der Waals surface area contributed by atoms with E-state index >= 15 is 0 Å². The van der Waals surface area contributed by atoms with Crippen molar-refractivity contribution in [3.63, 3.8) is 0 Å². The molecule has 0 aromatic heterocycles. The second-order valence-corrected chi connectivity index (χ2v) is 8.58. The average Bonchev–Trinajstić information content (AvgIpc) is 2.85. The Morgan fingerprint density at radius 1 is 0.757 bits per heavy atom. The van der Waals surface area contributed by atoms with Gasteiger partial charge in [0.2, 0.25) is 0 Å². The molecule has 3 rings (SSSR count). The maximum absolute atomic E-state index is 14.7. The Labute approximate surface area is 215 Å². The van der Waals surface area contributed by atoms with Crippen LogP contribution in [0.1, 0.15) is 31.4 Å². The number of esters is 3. The molecule has 0 spiro atoms. The predicted octanol–water partition coefficient (Wildman–Crippen LogP) is 6.30. The topological polar surface area (TPSA) is 78.9 Å². The molecule has 6 nitrogen and oxygen atoms in total. The molecule has 0 atom stereocenters. The van der Waals surface area contributed by atoms with Crippen LogP contribution < -0.4 is 14.2 Å². The molecule has 0 saturated heterocycles. The fourth-order valence-corrected chi connectivity index (χ4v) is 3.26. The van der Waals surface area contributed by atoms with E-state index in [9.17, 15) is 18.8 Å². The molecule has 37 heavy (non-hydrogen) atoms. The van der Waals surface area contributed by atoms with E-state index in [4.69, 9.17) is 14.2 Å². The molecule has 3 aromatic rings. The van der Waals surface area contributed by atoms with E-state index in [-0.39, 0.29) is 17.7 Å². The van der Waals surface area contributed by atoms with Crippen LogP contribution in [0, 0.1) is 12.7 Å². The van der Waals surface area contributed by atoms with Crippen molar-refractivity contribution in [3.8, 4) is 28.4 Å². The van der Waals surface area contributed by atoms with E-state index in [0.29, 0.717) is 34.6 Å². The predicted molar refractivity (Wildman–Crippen MR) is 138 cm³/mol. The molecule has 0 radical (unpaired) electrons. The number of halogens is 1. The number of ether oxygens (including phenoxy) is 3. The monoisotopic (exact) mass is 502 g/mol. The Bertz CT molecular complexity index is 1370. The van der Waals surface area contributed by atoms with E-state index in [1.54, 1.807) is 63.2 Å². The van der Waals surface area contributed by atoms with Crippen LogP contribution >= 0.6 is 0 Å². The van der Waals surface area contributed by atoms with Crippen molar-refractivity contribution in [3.05, 3.63) is 102 Å². The summed E-state index contributed by atoms with van der Waals surface area (Å²) in [6.07, 6.45) is 0.409. The lowest BCUT2D eigenvalue weighted by molar-refractivity contribution is -0.134. The van der Waals surface area contributed by atoms with Crippen molar-refractivity contribution in [2.75, 3.05) is 0 Å². The van der Waals surface area contributed by atoms with Gasteiger partial charge in [0, 0.05) is 17.6 Å². The largest absolute Gasteiger partial charge is 0.423 e. The molecule has 7 heteroatoms. The highest BCUT2D eigenvalue weighted by atomic mass is 19.1. The maximum Gasteiger partial charge on any atom is 0.338 e. The number of hydrogen-bond acceptors (Lipinski definition) is 6. The Hall–Kier alpha value is -4.52. The minimum absolute atomic E-state index is 0.0376. The van der Waals surface area contributed by atoms with Crippen molar-refractivity contribution in [2.24, 2.45) is 0 Å². The summed E-state index contributed by atoms with van der Waals surface area (Å²) in [6, 6.07) is 16.1. The summed E-state index contributed by atoms with van der Waals surface area (Å²) in [7, 11) is 0. The molecule has 0 aliphatic rings. The summed E-state index contributed by atoms with van der Waals surface area (Å²) in [5.41, 5.74) is 3.43. The van der Waals surface area contributed by atoms with E-state index in [1.165, 1.54) is 12.1 Å². The second kappa shape index (κ2) is 11.9. The van der Waals surface area contributed by atoms with Gasteiger partial charge in [0.15, 0.2) is 11.6 Å². The van der Waals surface area contributed by atoms with Gasteiger partial charge in [0.05, 0.1) is 0 Å². The Morgan fingerprint density at radius 3 is 1.95 bits per heavy atom. The summed E-state index contributed by atoms with van der Waals surface area (Å²) in [5, 5.41) is 0. The smallest absolute Gasteiger partial charge is 0.338 e. The van der Waals surface area contributed by atoms with E-state index < -0.39 is 23.7 Å². The molecular weight excluding hydrogens is 475 g/mol. The number of rotatable bonds is 9. The molecule has 0 amide bonds. The van der Waals surface area contributed by atoms with E-state index in [2.05, 4.69) is 13.2 Å². The fourth-order valence-electron chi connectivity index (χ4n) is 3.26. The molecule has 0 saturated carbocycles. The van der Waals surface area contributed by atoms with Crippen LogP contribution in [0.4, 0.5) is 4.39 Å². The van der Waals surface area contributed by atoms with Gasteiger partial charge in [-0.05, 0) is 79.8 Å². The first-order valence-electron chi connectivity index (χ1n) is 11.5. The van der Waals surface area contributed by atoms with Crippen molar-refractivity contribution in [1.29, 1.82) is 0 Å². The van der Waals surface area contributed by atoms with Crippen molar-refractivity contribution in [2.45, 2.75) is 33.6 Å². The van der Waals surface area contributed by atoms with Gasteiger partial charge in [0.1, 0.15) is 11.5 Å². The van der Waals surface area contributed by atoms with Crippen LogP contribution in [-0.4, -0.2) is 17.9 Å². The fraction of sp³-hybridized carbons (Fsp3) is 0.167. The van der Waals surface area contributed by atoms with Crippen LogP contribution in [0.5, 0.6) is 17.2 Å². The summed E-state index contributed by atoms with van der Waals surface area (Å²) in [6.45, 7) is 12.0. The zero-order chi connectivity index (χ0) is 27.1. The highest BCUT2D eigenvalue weighted by Crippen LogP contribution is 2.28. The van der Waals surface area contributed by atoms with Gasteiger partial charge in [-0.2, -0.15) is 0 Å². The summed E-state index contributed by atoms with van der Waals surface area (Å²) in [5.74, 6) is -1.69. The standard InChI is InChI=1S/C30H27FO6/c1-18(2)29(33)35-24-11-8-22(9-12-24)23-10-14-27(25(31)17-23)36-28(32)15-7-21-6-13-26(20(5)16-21)37-30(34)19(3)4/h6,8-14,16-17H,1,3,7,15H2,2,4-5H3. The van der Waals surface area contributed by atoms with Crippen LogP contribution in [0.15, 0.2) is 85.0 Å². The summed E-state index contributed by atoms with van der Waals surface area (Å²) >= 11 is 0. The zero-order valence-electron chi connectivity index (χ0n) is 20.9. The molecule has 0 bridgehead atoms. The molecule has 190 valence electrons. The molecule has 0 N–H and O–H groups in total. The molecule has 0 aliphatic carbocycles.